The fraction of sp³-hybridized carbons (Fsp3) is 0.478. The molecular weight excluding hydrogens is 435 g/mol. The van der Waals surface area contributed by atoms with Crippen molar-refractivity contribution in [1.29, 1.82) is 0 Å². The van der Waals surface area contributed by atoms with Crippen molar-refractivity contribution in [1.82, 2.24) is 9.88 Å². The third-order valence-electron chi connectivity index (χ3n) is 5.65. The number of aliphatic hydroxyl groups is 1. The molecule has 0 unspecified atom stereocenters. The monoisotopic (exact) mass is 465 g/mol. The lowest BCUT2D eigenvalue weighted by Gasteiger charge is -2.21. The Morgan fingerprint density at radius 1 is 1.36 bits per heavy atom. The molecule has 0 radical (unpaired) electrons. The first kappa shape index (κ1) is 24.6. The summed E-state index contributed by atoms with van der Waals surface area (Å²) >= 11 is 0. The first-order chi connectivity index (χ1) is 15.4. The molecule has 1 aliphatic rings. The minimum Gasteiger partial charge on any atom is -0.392 e. The van der Waals surface area contributed by atoms with Crippen LogP contribution < -0.4 is 16.0 Å². The highest BCUT2D eigenvalue weighted by Crippen LogP contribution is 2.32. The smallest absolute Gasteiger partial charge is 0.389 e. The van der Waals surface area contributed by atoms with Gasteiger partial charge in [0, 0.05) is 38.8 Å². The van der Waals surface area contributed by atoms with Gasteiger partial charge in [0.1, 0.15) is 11.6 Å². The Morgan fingerprint density at radius 3 is 2.76 bits per heavy atom. The number of aryl methyl sites for hydroxylation is 1. The minimum absolute atomic E-state index is 0.0872. The summed E-state index contributed by atoms with van der Waals surface area (Å²) in [6.45, 7) is 4.38. The number of nitrogen functional groups attached to an aromatic ring is 1. The molecule has 0 bridgehead atoms. The van der Waals surface area contributed by atoms with Crippen LogP contribution in [0.5, 0.6) is 0 Å². The molecule has 0 saturated carbocycles. The zero-order chi connectivity index (χ0) is 24.3. The number of carbonyl (C=O) groups excluding carboxylic acids is 1. The summed E-state index contributed by atoms with van der Waals surface area (Å²) < 4.78 is 37.9. The summed E-state index contributed by atoms with van der Waals surface area (Å²) in [5.74, 6) is 0.357. The van der Waals surface area contributed by atoms with Gasteiger partial charge in [-0.15, -0.1) is 0 Å². The number of amides is 2. The van der Waals surface area contributed by atoms with Crippen molar-refractivity contribution in [2.24, 2.45) is 5.92 Å². The predicted octanol–water partition coefficient (Wildman–Crippen LogP) is 4.26. The van der Waals surface area contributed by atoms with Gasteiger partial charge in [-0.25, -0.2) is 9.78 Å². The Bertz CT molecular complexity index is 997. The summed E-state index contributed by atoms with van der Waals surface area (Å²) in [7, 11) is 1.81. The fourth-order valence-corrected chi connectivity index (χ4v) is 4.10. The summed E-state index contributed by atoms with van der Waals surface area (Å²) in [6.07, 6.45) is -5.30. The number of rotatable bonds is 6. The van der Waals surface area contributed by atoms with Crippen molar-refractivity contribution in [2.45, 2.75) is 39.0 Å². The molecule has 2 aromatic rings. The largest absolute Gasteiger partial charge is 0.392 e. The Hall–Kier alpha value is -3.01. The van der Waals surface area contributed by atoms with Crippen LogP contribution in [0.4, 0.5) is 35.3 Å². The number of pyridine rings is 1. The lowest BCUT2D eigenvalue weighted by molar-refractivity contribution is -0.143. The van der Waals surface area contributed by atoms with E-state index in [4.69, 9.17) is 5.73 Å². The molecule has 7 nitrogen and oxygen atoms in total. The lowest BCUT2D eigenvalue weighted by Crippen LogP contribution is -2.33. The number of hydrogen-bond donors (Lipinski definition) is 3. The molecule has 2 amide bonds. The van der Waals surface area contributed by atoms with Gasteiger partial charge in [0.05, 0.1) is 6.10 Å². The van der Waals surface area contributed by atoms with Gasteiger partial charge in [-0.2, -0.15) is 13.2 Å². The van der Waals surface area contributed by atoms with E-state index in [0.29, 0.717) is 36.8 Å². The van der Waals surface area contributed by atoms with E-state index in [0.717, 1.165) is 16.7 Å². The average molecular weight is 466 g/mol. The van der Waals surface area contributed by atoms with E-state index in [1.54, 1.807) is 24.0 Å². The lowest BCUT2D eigenvalue weighted by atomic mass is 10.00. The number of urea groups is 1. The minimum atomic E-state index is -4.22. The molecule has 10 heteroatoms. The van der Waals surface area contributed by atoms with Crippen LogP contribution >= 0.6 is 0 Å². The van der Waals surface area contributed by atoms with Crippen molar-refractivity contribution in [3.05, 3.63) is 35.9 Å². The standard InChI is InChI=1S/C23H30F3N5O2/c1-14-4-5-18(28-22(33)31-7-6-16(13-31)11-23(24,25)26)10-19(14)17-8-20(27)29-21(9-17)30(3)12-15(2)32/h4-5,8-10,15-16,32H,6-7,11-13H2,1-3H3,(H2,27,29)(H,28,33)/t15-,16+/m1/s1. The molecular formula is C23H30F3N5O2. The molecule has 0 spiro atoms. The van der Waals surface area contributed by atoms with Crippen molar-refractivity contribution in [3.63, 3.8) is 0 Å². The van der Waals surface area contributed by atoms with E-state index < -0.39 is 30.7 Å². The van der Waals surface area contributed by atoms with Gasteiger partial charge in [-0.3, -0.25) is 0 Å². The first-order valence-electron chi connectivity index (χ1n) is 10.8. The Kier molecular flexibility index (Phi) is 7.36. The highest BCUT2D eigenvalue weighted by Gasteiger charge is 2.36. The van der Waals surface area contributed by atoms with E-state index in [-0.39, 0.29) is 6.54 Å². The summed E-state index contributed by atoms with van der Waals surface area (Å²) in [5.41, 5.74) is 9.14. The van der Waals surface area contributed by atoms with Crippen LogP contribution in [0.2, 0.25) is 0 Å². The SMILES string of the molecule is Cc1ccc(NC(=O)N2CC[C@@H](CC(F)(F)F)C2)cc1-c1cc(N)nc(N(C)C[C@@H](C)O)c1. The maximum atomic E-state index is 12.6. The Morgan fingerprint density at radius 2 is 2.09 bits per heavy atom. The molecule has 1 aliphatic heterocycles. The quantitative estimate of drug-likeness (QED) is 0.593. The van der Waals surface area contributed by atoms with Gasteiger partial charge in [0.25, 0.3) is 0 Å². The van der Waals surface area contributed by atoms with Gasteiger partial charge < -0.3 is 26.0 Å². The maximum Gasteiger partial charge on any atom is 0.389 e. The normalized spacial score (nSPS) is 17.2. The Balaban J connectivity index is 1.76. The molecule has 0 aliphatic carbocycles. The second kappa shape index (κ2) is 9.86. The molecule has 33 heavy (non-hydrogen) atoms. The van der Waals surface area contributed by atoms with E-state index >= 15 is 0 Å². The summed E-state index contributed by atoms with van der Waals surface area (Å²) in [5, 5.41) is 12.5. The van der Waals surface area contributed by atoms with Crippen LogP contribution in [0, 0.1) is 12.8 Å². The Labute approximate surface area is 191 Å². The zero-order valence-electron chi connectivity index (χ0n) is 19.0. The molecule has 4 N–H and O–H groups in total. The van der Waals surface area contributed by atoms with Crippen molar-refractivity contribution in [3.8, 4) is 11.1 Å². The molecule has 1 fully saturated rings. The number of alkyl halides is 3. The van der Waals surface area contributed by atoms with Crippen LogP contribution in [0.15, 0.2) is 30.3 Å². The van der Waals surface area contributed by atoms with Crippen LogP contribution in [0.25, 0.3) is 11.1 Å². The van der Waals surface area contributed by atoms with Crippen molar-refractivity contribution >= 4 is 23.4 Å². The van der Waals surface area contributed by atoms with E-state index in [1.165, 1.54) is 4.90 Å². The second-order valence-corrected chi connectivity index (χ2v) is 8.75. The molecule has 2 atom stereocenters. The number of nitrogens with zero attached hydrogens (tertiary/aromatic N) is 3. The summed E-state index contributed by atoms with van der Waals surface area (Å²) in [4.78, 5) is 20.2. The molecule has 180 valence electrons. The number of carbonyl (C=O) groups is 1. The third kappa shape index (κ3) is 6.74. The second-order valence-electron chi connectivity index (χ2n) is 8.75. The zero-order valence-corrected chi connectivity index (χ0v) is 19.0. The predicted molar refractivity (Wildman–Crippen MR) is 123 cm³/mol. The van der Waals surface area contributed by atoms with Crippen LogP contribution in [-0.4, -0.2) is 60.0 Å². The van der Waals surface area contributed by atoms with E-state index in [2.05, 4.69) is 10.3 Å². The molecule has 1 aromatic carbocycles. The van der Waals surface area contributed by atoms with E-state index in [9.17, 15) is 23.1 Å². The van der Waals surface area contributed by atoms with E-state index in [1.807, 2.05) is 32.2 Å². The number of nitrogens with one attached hydrogen (secondary N) is 1. The molecule has 2 heterocycles. The van der Waals surface area contributed by atoms with Crippen LogP contribution in [-0.2, 0) is 0 Å². The first-order valence-corrected chi connectivity index (χ1v) is 10.8. The topological polar surface area (TPSA) is 94.7 Å². The number of aromatic nitrogens is 1. The number of anilines is 3. The number of likely N-dealkylation sites (tertiary alicyclic amines) is 1. The number of aliphatic hydroxyl groups excluding tert-OH is 1. The molecule has 3 rings (SSSR count). The van der Waals surface area contributed by atoms with Gasteiger partial charge in [0.2, 0.25) is 0 Å². The molecule has 1 saturated heterocycles. The molecule has 1 aromatic heterocycles. The number of nitrogens with two attached hydrogens (primary N) is 1. The highest BCUT2D eigenvalue weighted by molar-refractivity contribution is 5.91. The number of hydrogen-bond acceptors (Lipinski definition) is 5. The van der Waals surface area contributed by atoms with Gasteiger partial charge in [0.15, 0.2) is 0 Å². The van der Waals surface area contributed by atoms with Crippen LogP contribution in [0.1, 0.15) is 25.3 Å². The maximum absolute atomic E-state index is 12.6. The van der Waals surface area contributed by atoms with Crippen molar-refractivity contribution < 1.29 is 23.1 Å². The van der Waals surface area contributed by atoms with Crippen LogP contribution in [0.3, 0.4) is 0 Å². The van der Waals surface area contributed by atoms with Gasteiger partial charge in [-0.1, -0.05) is 6.07 Å². The fourth-order valence-electron chi connectivity index (χ4n) is 4.10. The number of halogens is 3. The number of likely N-dealkylation sites (N-methyl/N-ethyl adjacent to an activating group) is 1. The van der Waals surface area contributed by atoms with Gasteiger partial charge in [-0.05, 0) is 67.1 Å². The summed E-state index contributed by atoms with van der Waals surface area (Å²) in [6, 6.07) is 8.59. The average Bonchev–Trinajstić information content (AvgIpc) is 3.15. The highest BCUT2D eigenvalue weighted by atomic mass is 19.4. The van der Waals surface area contributed by atoms with Crippen molar-refractivity contribution in [2.75, 3.05) is 42.6 Å². The number of benzene rings is 1. The third-order valence-corrected chi connectivity index (χ3v) is 5.65. The van der Waals surface area contributed by atoms with Gasteiger partial charge >= 0.3 is 12.2 Å².